The van der Waals surface area contributed by atoms with Gasteiger partial charge < -0.3 is 5.32 Å². The van der Waals surface area contributed by atoms with E-state index in [0.717, 1.165) is 24.0 Å². The van der Waals surface area contributed by atoms with Crippen LogP contribution in [-0.4, -0.2) is 34.9 Å². The van der Waals surface area contributed by atoms with Crippen molar-refractivity contribution in [1.82, 2.24) is 4.90 Å². The number of carbonyl (C=O) groups excluding carboxylic acids is 4. The van der Waals surface area contributed by atoms with Crippen molar-refractivity contribution in [1.29, 1.82) is 0 Å². The molecule has 172 valence electrons. The van der Waals surface area contributed by atoms with Crippen LogP contribution in [-0.2, 0) is 14.4 Å². The second-order valence-electron chi connectivity index (χ2n) is 9.82. The van der Waals surface area contributed by atoms with Crippen molar-refractivity contribution in [2.75, 3.05) is 11.9 Å². The molecule has 1 heterocycles. The molecule has 1 aliphatic heterocycles. The first-order valence-corrected chi connectivity index (χ1v) is 12.1. The summed E-state index contributed by atoms with van der Waals surface area (Å²) in [6.07, 6.45) is 7.66. The molecule has 4 atom stereocenters. The Bertz CT molecular complexity index is 1230. The number of likely N-dealkylation sites (tertiary alicyclic amines) is 1. The Morgan fingerprint density at radius 1 is 0.824 bits per heavy atom. The highest BCUT2D eigenvalue weighted by Gasteiger charge is 2.58. The number of hydrogen-bond acceptors (Lipinski definition) is 4. The summed E-state index contributed by atoms with van der Waals surface area (Å²) >= 11 is 0. The monoisotopic (exact) mass is 454 g/mol. The van der Waals surface area contributed by atoms with Gasteiger partial charge in [-0.1, -0.05) is 48.9 Å². The Labute approximate surface area is 198 Å². The highest BCUT2D eigenvalue weighted by atomic mass is 16.2. The first-order chi connectivity index (χ1) is 16.5. The average molecular weight is 455 g/mol. The molecule has 2 aromatic carbocycles. The fourth-order valence-corrected chi connectivity index (χ4v) is 6.25. The number of fused-ring (bicyclic) bond motifs is 8. The molecule has 2 bridgehead atoms. The summed E-state index contributed by atoms with van der Waals surface area (Å²) < 4.78 is 0. The van der Waals surface area contributed by atoms with E-state index >= 15 is 0 Å². The van der Waals surface area contributed by atoms with Crippen LogP contribution < -0.4 is 5.32 Å². The third kappa shape index (κ3) is 3.23. The van der Waals surface area contributed by atoms with Crippen LogP contribution in [0, 0.1) is 23.7 Å². The number of nitrogens with one attached hydrogen (secondary N) is 1. The summed E-state index contributed by atoms with van der Waals surface area (Å²) in [5, 5.41) is 2.89. The van der Waals surface area contributed by atoms with Gasteiger partial charge in [-0.2, -0.15) is 0 Å². The zero-order valence-corrected chi connectivity index (χ0v) is 18.8. The number of imide groups is 1. The van der Waals surface area contributed by atoms with Gasteiger partial charge in [-0.05, 0) is 54.4 Å². The molecule has 1 saturated heterocycles. The molecular weight excluding hydrogens is 428 g/mol. The largest absolute Gasteiger partial charge is 0.326 e. The predicted molar refractivity (Wildman–Crippen MR) is 127 cm³/mol. The summed E-state index contributed by atoms with van der Waals surface area (Å²) in [6.45, 7) is 0.444. The lowest BCUT2D eigenvalue weighted by atomic mass is 9.85. The molecule has 2 aromatic rings. The molecule has 1 N–H and O–H groups in total. The highest BCUT2D eigenvalue weighted by Crippen LogP contribution is 2.52. The average Bonchev–Trinajstić information content (AvgIpc) is 3.58. The molecule has 6 heteroatoms. The fraction of sp³-hybridized carbons (Fsp3) is 0.357. The van der Waals surface area contributed by atoms with Crippen LogP contribution in [0.2, 0.25) is 0 Å². The molecule has 34 heavy (non-hydrogen) atoms. The van der Waals surface area contributed by atoms with Crippen LogP contribution in [0.1, 0.15) is 48.0 Å². The predicted octanol–water partition coefficient (Wildman–Crippen LogP) is 4.20. The van der Waals surface area contributed by atoms with Crippen molar-refractivity contribution in [3.05, 3.63) is 65.7 Å². The number of benzene rings is 2. The molecule has 0 unspecified atom stereocenters. The smallest absolute Gasteiger partial charge is 0.233 e. The number of unbranched alkanes of at least 4 members (excludes halogenated alkanes) is 2. The van der Waals surface area contributed by atoms with Gasteiger partial charge >= 0.3 is 0 Å². The van der Waals surface area contributed by atoms with Crippen molar-refractivity contribution in [3.63, 3.8) is 0 Å². The molecule has 6 rings (SSSR count). The van der Waals surface area contributed by atoms with Crippen molar-refractivity contribution in [2.24, 2.45) is 23.7 Å². The Morgan fingerprint density at radius 2 is 1.50 bits per heavy atom. The van der Waals surface area contributed by atoms with E-state index in [0.29, 0.717) is 42.6 Å². The first kappa shape index (κ1) is 21.0. The summed E-state index contributed by atoms with van der Waals surface area (Å²) in [4.78, 5) is 52.0. The zero-order chi connectivity index (χ0) is 23.4. The molecule has 3 amide bonds. The third-order valence-electron chi connectivity index (χ3n) is 7.86. The van der Waals surface area contributed by atoms with E-state index in [2.05, 4.69) is 17.5 Å². The van der Waals surface area contributed by atoms with Crippen molar-refractivity contribution in [3.8, 4) is 11.1 Å². The normalized spacial score (nSPS) is 25.6. The molecule has 4 aliphatic rings. The lowest BCUT2D eigenvalue weighted by molar-refractivity contribution is -0.140. The molecule has 3 aliphatic carbocycles. The Hall–Kier alpha value is -3.54. The van der Waals surface area contributed by atoms with Gasteiger partial charge in [0, 0.05) is 29.8 Å². The Kier molecular flexibility index (Phi) is 4.97. The molecule has 1 saturated carbocycles. The van der Waals surface area contributed by atoms with Crippen molar-refractivity contribution >= 4 is 29.2 Å². The van der Waals surface area contributed by atoms with E-state index in [1.165, 1.54) is 4.90 Å². The van der Waals surface area contributed by atoms with E-state index in [9.17, 15) is 19.2 Å². The van der Waals surface area contributed by atoms with Crippen LogP contribution in [0.3, 0.4) is 0 Å². The van der Waals surface area contributed by atoms with Gasteiger partial charge in [0.05, 0.1) is 11.8 Å². The number of ketones is 1. The molecule has 0 spiro atoms. The summed E-state index contributed by atoms with van der Waals surface area (Å²) in [5.74, 6) is 0.0815. The van der Waals surface area contributed by atoms with Crippen LogP contribution >= 0.6 is 0 Å². The van der Waals surface area contributed by atoms with Crippen molar-refractivity contribution < 1.29 is 19.2 Å². The molecule has 6 nitrogen and oxygen atoms in total. The first-order valence-electron chi connectivity index (χ1n) is 12.1. The second-order valence-corrected chi connectivity index (χ2v) is 9.82. The minimum absolute atomic E-state index is 0.00194. The molecular formula is C28H26N2O4. The van der Waals surface area contributed by atoms with Gasteiger partial charge in [-0.3, -0.25) is 24.1 Å². The molecule has 0 radical (unpaired) electrons. The Morgan fingerprint density at radius 3 is 2.24 bits per heavy atom. The molecule has 2 fully saturated rings. The molecule has 0 aromatic heterocycles. The number of nitrogens with zero attached hydrogens (tertiary/aromatic N) is 1. The van der Waals surface area contributed by atoms with Gasteiger partial charge in [0.1, 0.15) is 0 Å². The maximum atomic E-state index is 12.7. The quantitative estimate of drug-likeness (QED) is 0.329. The third-order valence-corrected chi connectivity index (χ3v) is 7.86. The minimum Gasteiger partial charge on any atom is -0.326 e. The van der Waals surface area contributed by atoms with E-state index in [-0.39, 0.29) is 47.2 Å². The van der Waals surface area contributed by atoms with Crippen LogP contribution in [0.5, 0.6) is 0 Å². The van der Waals surface area contributed by atoms with Gasteiger partial charge in [-0.15, -0.1) is 0 Å². The highest BCUT2D eigenvalue weighted by molar-refractivity contribution is 6.22. The van der Waals surface area contributed by atoms with Gasteiger partial charge in [0.15, 0.2) is 5.78 Å². The van der Waals surface area contributed by atoms with Gasteiger partial charge in [0.2, 0.25) is 17.7 Å². The van der Waals surface area contributed by atoms with Crippen LogP contribution in [0.15, 0.2) is 54.6 Å². The number of carbonyl (C=O) groups is 4. The minimum atomic E-state index is -0.139. The van der Waals surface area contributed by atoms with Crippen molar-refractivity contribution in [2.45, 2.75) is 32.1 Å². The number of hydrogen-bond donors (Lipinski definition) is 1. The SMILES string of the molecule is O=C(CCCCCN1C(=O)[C@@H]2[C@H](C1=O)[C@H]1C=C[C@H]2C1)Nc1ccc2c(c1)C(=O)c1ccccc1-2. The van der Waals surface area contributed by atoms with E-state index in [1.54, 1.807) is 6.07 Å². The summed E-state index contributed by atoms with van der Waals surface area (Å²) in [7, 11) is 0. The van der Waals surface area contributed by atoms with E-state index in [1.807, 2.05) is 36.4 Å². The van der Waals surface area contributed by atoms with Crippen LogP contribution in [0.4, 0.5) is 5.69 Å². The van der Waals surface area contributed by atoms with Gasteiger partial charge in [-0.25, -0.2) is 0 Å². The topological polar surface area (TPSA) is 83.6 Å². The zero-order valence-electron chi connectivity index (χ0n) is 18.8. The van der Waals surface area contributed by atoms with E-state index < -0.39 is 0 Å². The number of rotatable bonds is 7. The fourth-order valence-electron chi connectivity index (χ4n) is 6.25. The number of amides is 3. The van der Waals surface area contributed by atoms with Crippen LogP contribution in [0.25, 0.3) is 11.1 Å². The second kappa shape index (κ2) is 8.05. The standard InChI is InChI=1S/C28H26N2O4/c31-23(29-18-11-12-20-19-6-3-4-7-21(19)26(32)22(20)15-18)8-2-1-5-13-30-27(33)24-16-9-10-17(14-16)25(24)28(30)34/h3-4,6-7,9-12,15-17,24-25H,1-2,5,8,13-14H2,(H,29,31)/t16-,17-,24-,25+/m0/s1. The van der Waals surface area contributed by atoms with Gasteiger partial charge in [0.25, 0.3) is 0 Å². The number of allylic oxidation sites excluding steroid dienone is 2. The maximum Gasteiger partial charge on any atom is 0.233 e. The summed E-state index contributed by atoms with van der Waals surface area (Å²) in [6, 6.07) is 13.0. The maximum absolute atomic E-state index is 12.7. The van der Waals surface area contributed by atoms with E-state index in [4.69, 9.17) is 0 Å². The number of anilines is 1. The lowest BCUT2D eigenvalue weighted by Gasteiger charge is -2.17. The lowest BCUT2D eigenvalue weighted by Crippen LogP contribution is -2.33. The Balaban J connectivity index is 0.976. The summed E-state index contributed by atoms with van der Waals surface area (Å²) in [5.41, 5.74) is 3.77.